The summed E-state index contributed by atoms with van der Waals surface area (Å²) in [5.41, 5.74) is 5.73. The van der Waals surface area contributed by atoms with Crippen molar-refractivity contribution in [2.45, 2.75) is 6.04 Å². The van der Waals surface area contributed by atoms with Crippen LogP contribution in [0.3, 0.4) is 0 Å². The van der Waals surface area contributed by atoms with E-state index in [0.29, 0.717) is 13.2 Å². The van der Waals surface area contributed by atoms with Crippen molar-refractivity contribution in [1.29, 1.82) is 0 Å². The van der Waals surface area contributed by atoms with Gasteiger partial charge in [-0.05, 0) is 0 Å². The first-order chi connectivity index (χ1) is 6.24. The zero-order valence-electron chi connectivity index (χ0n) is 8.03. The molecule has 0 bridgehead atoms. The van der Waals surface area contributed by atoms with Crippen molar-refractivity contribution in [2.75, 3.05) is 25.6 Å². The van der Waals surface area contributed by atoms with E-state index >= 15 is 0 Å². The zero-order chi connectivity index (χ0) is 9.68. The van der Waals surface area contributed by atoms with Crippen LogP contribution < -0.4 is 11.1 Å². The predicted octanol–water partition coefficient (Wildman–Crippen LogP) is -0.194. The van der Waals surface area contributed by atoms with Gasteiger partial charge in [0.05, 0.1) is 12.8 Å². The van der Waals surface area contributed by atoms with E-state index < -0.39 is 0 Å². The highest BCUT2D eigenvalue weighted by Gasteiger charge is 2.02. The molecular formula is C8H16N4O. The van der Waals surface area contributed by atoms with Crippen LogP contribution in [-0.2, 0) is 11.8 Å². The zero-order valence-corrected chi connectivity index (χ0v) is 8.03. The Kier molecular flexibility index (Phi) is 3.72. The SMILES string of the molecule is COCC(N)CNc1ccnn1C. The summed E-state index contributed by atoms with van der Waals surface area (Å²) in [6, 6.07) is 1.92. The molecule has 1 atom stereocenters. The second-order valence-corrected chi connectivity index (χ2v) is 2.94. The van der Waals surface area contributed by atoms with E-state index in [4.69, 9.17) is 10.5 Å². The Morgan fingerprint density at radius 2 is 2.54 bits per heavy atom. The first kappa shape index (κ1) is 10.0. The Hall–Kier alpha value is -1.07. The minimum Gasteiger partial charge on any atom is -0.383 e. The van der Waals surface area contributed by atoms with Gasteiger partial charge in [-0.3, -0.25) is 4.68 Å². The molecule has 0 aliphatic heterocycles. The van der Waals surface area contributed by atoms with Gasteiger partial charge in [0.2, 0.25) is 0 Å². The molecule has 3 N–H and O–H groups in total. The fourth-order valence-electron chi connectivity index (χ4n) is 1.06. The lowest BCUT2D eigenvalue weighted by Crippen LogP contribution is -2.33. The number of nitrogens with one attached hydrogen (secondary N) is 1. The van der Waals surface area contributed by atoms with Gasteiger partial charge >= 0.3 is 0 Å². The van der Waals surface area contributed by atoms with Gasteiger partial charge in [0, 0.05) is 32.8 Å². The highest BCUT2D eigenvalue weighted by Crippen LogP contribution is 2.02. The van der Waals surface area contributed by atoms with E-state index in [0.717, 1.165) is 5.82 Å². The van der Waals surface area contributed by atoms with E-state index in [1.165, 1.54) is 0 Å². The van der Waals surface area contributed by atoms with Crippen molar-refractivity contribution >= 4 is 5.82 Å². The number of ether oxygens (including phenoxy) is 1. The number of nitrogens with two attached hydrogens (primary N) is 1. The molecule has 0 spiro atoms. The molecule has 0 saturated carbocycles. The molecule has 1 unspecified atom stereocenters. The van der Waals surface area contributed by atoms with Gasteiger partial charge in [-0.1, -0.05) is 0 Å². The standard InChI is InChI=1S/C8H16N4O/c1-12-8(3-4-11-12)10-5-7(9)6-13-2/h3-4,7,10H,5-6,9H2,1-2H3. The molecule has 0 aliphatic rings. The largest absolute Gasteiger partial charge is 0.383 e. The lowest BCUT2D eigenvalue weighted by Gasteiger charge is -2.12. The molecule has 0 amide bonds. The number of hydrogen-bond acceptors (Lipinski definition) is 4. The number of nitrogens with zero attached hydrogens (tertiary/aromatic N) is 2. The summed E-state index contributed by atoms with van der Waals surface area (Å²) in [5.74, 6) is 0.964. The molecule has 1 rings (SSSR count). The van der Waals surface area contributed by atoms with Crippen molar-refractivity contribution in [2.24, 2.45) is 12.8 Å². The number of anilines is 1. The van der Waals surface area contributed by atoms with Crippen LogP contribution in [0.5, 0.6) is 0 Å². The molecule has 5 heteroatoms. The number of aryl methyl sites for hydroxylation is 1. The molecule has 0 aromatic carbocycles. The summed E-state index contributed by atoms with van der Waals surface area (Å²) >= 11 is 0. The number of hydrogen-bond donors (Lipinski definition) is 2. The van der Waals surface area contributed by atoms with Crippen LogP contribution in [0.25, 0.3) is 0 Å². The summed E-state index contributed by atoms with van der Waals surface area (Å²) in [6.45, 7) is 1.25. The minimum absolute atomic E-state index is 0.0138. The number of methoxy groups -OCH3 is 1. The quantitative estimate of drug-likeness (QED) is 0.665. The predicted molar refractivity (Wildman–Crippen MR) is 51.5 cm³/mol. The third kappa shape index (κ3) is 3.04. The van der Waals surface area contributed by atoms with Crippen molar-refractivity contribution in [3.8, 4) is 0 Å². The smallest absolute Gasteiger partial charge is 0.123 e. The molecule has 1 aromatic heterocycles. The third-order valence-corrected chi connectivity index (χ3v) is 1.75. The highest BCUT2D eigenvalue weighted by molar-refractivity contribution is 5.33. The van der Waals surface area contributed by atoms with Crippen LogP contribution in [0.1, 0.15) is 0 Å². The second kappa shape index (κ2) is 4.84. The normalized spacial score (nSPS) is 12.8. The Morgan fingerprint density at radius 3 is 3.08 bits per heavy atom. The molecule has 5 nitrogen and oxygen atoms in total. The van der Waals surface area contributed by atoms with Crippen molar-refractivity contribution < 1.29 is 4.74 Å². The third-order valence-electron chi connectivity index (χ3n) is 1.75. The van der Waals surface area contributed by atoms with Gasteiger partial charge in [-0.25, -0.2) is 0 Å². The van der Waals surface area contributed by atoms with Crippen LogP contribution in [0, 0.1) is 0 Å². The maximum absolute atomic E-state index is 5.73. The van der Waals surface area contributed by atoms with Crippen LogP contribution in [0.15, 0.2) is 12.3 Å². The monoisotopic (exact) mass is 184 g/mol. The Balaban J connectivity index is 2.30. The first-order valence-corrected chi connectivity index (χ1v) is 4.20. The first-order valence-electron chi connectivity index (χ1n) is 4.20. The number of rotatable bonds is 5. The topological polar surface area (TPSA) is 65.1 Å². The van der Waals surface area contributed by atoms with Gasteiger partial charge in [0.25, 0.3) is 0 Å². The maximum Gasteiger partial charge on any atom is 0.123 e. The van der Waals surface area contributed by atoms with Crippen LogP contribution in [0.2, 0.25) is 0 Å². The lowest BCUT2D eigenvalue weighted by atomic mass is 10.3. The maximum atomic E-state index is 5.73. The molecule has 74 valence electrons. The highest BCUT2D eigenvalue weighted by atomic mass is 16.5. The summed E-state index contributed by atoms with van der Waals surface area (Å²) in [5, 5.41) is 7.20. The van der Waals surface area contributed by atoms with Gasteiger partial charge in [-0.15, -0.1) is 0 Å². The van der Waals surface area contributed by atoms with E-state index in [9.17, 15) is 0 Å². The Labute approximate surface area is 77.9 Å². The average Bonchev–Trinajstić information content (AvgIpc) is 2.48. The van der Waals surface area contributed by atoms with E-state index in [1.807, 2.05) is 13.1 Å². The van der Waals surface area contributed by atoms with Gasteiger partial charge in [0.1, 0.15) is 5.82 Å². The van der Waals surface area contributed by atoms with E-state index in [-0.39, 0.29) is 6.04 Å². The molecule has 13 heavy (non-hydrogen) atoms. The van der Waals surface area contributed by atoms with E-state index in [1.54, 1.807) is 18.0 Å². The van der Waals surface area contributed by atoms with E-state index in [2.05, 4.69) is 10.4 Å². The van der Waals surface area contributed by atoms with Crippen LogP contribution in [0.4, 0.5) is 5.82 Å². The van der Waals surface area contributed by atoms with Crippen molar-refractivity contribution in [3.63, 3.8) is 0 Å². The molecule has 1 heterocycles. The molecule has 0 saturated heterocycles. The fraction of sp³-hybridized carbons (Fsp3) is 0.625. The molecule has 1 aromatic rings. The summed E-state index contributed by atoms with van der Waals surface area (Å²) < 4.78 is 6.68. The summed E-state index contributed by atoms with van der Waals surface area (Å²) in [7, 11) is 3.52. The Morgan fingerprint density at radius 1 is 1.77 bits per heavy atom. The number of aromatic nitrogens is 2. The molecule has 0 fully saturated rings. The second-order valence-electron chi connectivity index (χ2n) is 2.94. The summed E-state index contributed by atoms with van der Waals surface area (Å²) in [4.78, 5) is 0. The van der Waals surface area contributed by atoms with Crippen molar-refractivity contribution in [1.82, 2.24) is 9.78 Å². The lowest BCUT2D eigenvalue weighted by molar-refractivity contribution is 0.183. The summed E-state index contributed by atoms with van der Waals surface area (Å²) in [6.07, 6.45) is 1.74. The van der Waals surface area contributed by atoms with Crippen LogP contribution >= 0.6 is 0 Å². The average molecular weight is 184 g/mol. The molecular weight excluding hydrogens is 168 g/mol. The van der Waals surface area contributed by atoms with Crippen LogP contribution in [-0.4, -0.2) is 36.1 Å². The van der Waals surface area contributed by atoms with Gasteiger partial charge < -0.3 is 15.8 Å². The van der Waals surface area contributed by atoms with Gasteiger partial charge in [0.15, 0.2) is 0 Å². The Bertz CT molecular complexity index is 248. The fourth-order valence-corrected chi connectivity index (χ4v) is 1.06. The van der Waals surface area contributed by atoms with Crippen molar-refractivity contribution in [3.05, 3.63) is 12.3 Å². The molecule has 0 radical (unpaired) electrons. The minimum atomic E-state index is 0.0138. The molecule has 0 aliphatic carbocycles. The van der Waals surface area contributed by atoms with Gasteiger partial charge in [-0.2, -0.15) is 5.10 Å².